The Morgan fingerprint density at radius 3 is 2.50 bits per heavy atom. The summed E-state index contributed by atoms with van der Waals surface area (Å²) in [5.74, 6) is 0.817. The van der Waals surface area contributed by atoms with Gasteiger partial charge in [0.1, 0.15) is 12.3 Å². The van der Waals surface area contributed by atoms with Gasteiger partial charge in [-0.05, 0) is 30.3 Å². The minimum atomic E-state index is -0.154. The van der Waals surface area contributed by atoms with Crippen LogP contribution in [0.5, 0.6) is 5.75 Å². The molecule has 0 spiro atoms. The Morgan fingerprint density at radius 1 is 1.00 bits per heavy atom. The number of amides is 3. The highest BCUT2D eigenvalue weighted by Crippen LogP contribution is 2.28. The van der Waals surface area contributed by atoms with E-state index in [4.69, 9.17) is 16.3 Å². The molecule has 0 aliphatic carbocycles. The van der Waals surface area contributed by atoms with Gasteiger partial charge in [0.15, 0.2) is 0 Å². The molecule has 2 aromatic rings. The van der Waals surface area contributed by atoms with Gasteiger partial charge in [-0.2, -0.15) is 0 Å². The van der Waals surface area contributed by atoms with E-state index in [0.717, 1.165) is 30.2 Å². The summed E-state index contributed by atoms with van der Waals surface area (Å²) in [5, 5.41) is 0.586. The van der Waals surface area contributed by atoms with Gasteiger partial charge in [-0.25, -0.2) is 4.79 Å². The lowest BCUT2D eigenvalue weighted by atomic mass is 10.2. The summed E-state index contributed by atoms with van der Waals surface area (Å²) >= 11 is 6.04. The Bertz CT molecular complexity index is 930. The Morgan fingerprint density at radius 2 is 1.77 bits per heavy atom. The van der Waals surface area contributed by atoms with E-state index < -0.39 is 0 Å². The van der Waals surface area contributed by atoms with Crippen LogP contribution in [0.4, 0.5) is 16.2 Å². The first-order chi connectivity index (χ1) is 14.6. The molecule has 0 saturated carbocycles. The van der Waals surface area contributed by atoms with Crippen molar-refractivity contribution in [1.29, 1.82) is 0 Å². The van der Waals surface area contributed by atoms with E-state index >= 15 is 0 Å². The van der Waals surface area contributed by atoms with Crippen molar-refractivity contribution in [1.82, 2.24) is 9.80 Å². The van der Waals surface area contributed by atoms with Crippen LogP contribution in [0.1, 0.15) is 0 Å². The number of methoxy groups -OCH3 is 1. The molecule has 7 nitrogen and oxygen atoms in total. The molecule has 3 amide bonds. The van der Waals surface area contributed by atoms with Gasteiger partial charge in [-0.1, -0.05) is 29.8 Å². The summed E-state index contributed by atoms with van der Waals surface area (Å²) in [6.07, 6.45) is 0. The van der Waals surface area contributed by atoms with Crippen molar-refractivity contribution >= 4 is 34.9 Å². The number of carbonyl (C=O) groups excluding carboxylic acids is 2. The monoisotopic (exact) mass is 428 g/mol. The number of halogens is 1. The van der Waals surface area contributed by atoms with E-state index in [0.29, 0.717) is 31.2 Å². The lowest BCUT2D eigenvalue weighted by molar-refractivity contribution is -0.131. The van der Waals surface area contributed by atoms with E-state index in [1.807, 2.05) is 41.3 Å². The second-order valence-electron chi connectivity index (χ2n) is 7.38. The van der Waals surface area contributed by atoms with E-state index in [1.54, 1.807) is 29.0 Å². The smallest absolute Gasteiger partial charge is 0.325 e. The van der Waals surface area contributed by atoms with Crippen molar-refractivity contribution in [2.75, 3.05) is 62.7 Å². The molecule has 2 saturated heterocycles. The maximum Gasteiger partial charge on any atom is 0.325 e. The van der Waals surface area contributed by atoms with Crippen LogP contribution in [0.15, 0.2) is 48.5 Å². The lowest BCUT2D eigenvalue weighted by Crippen LogP contribution is -2.51. The van der Waals surface area contributed by atoms with Crippen molar-refractivity contribution in [2.24, 2.45) is 0 Å². The molecular formula is C22H25ClN4O3. The molecule has 2 aliphatic heterocycles. The molecular weight excluding hydrogens is 404 g/mol. The van der Waals surface area contributed by atoms with Gasteiger partial charge >= 0.3 is 6.03 Å². The van der Waals surface area contributed by atoms with Gasteiger partial charge in [-0.15, -0.1) is 0 Å². The summed E-state index contributed by atoms with van der Waals surface area (Å²) < 4.78 is 5.45. The molecule has 8 heteroatoms. The van der Waals surface area contributed by atoms with Crippen LogP contribution in [-0.2, 0) is 4.79 Å². The standard InChI is InChI=1S/C22H25ClN4O3/c1-30-20-8-3-2-7-19(20)24-9-11-25(12-10-24)21(28)16-26-13-14-27(22(26)29)18-6-4-5-17(23)15-18/h2-8,15H,9-14,16H2,1H3. The molecule has 0 aromatic heterocycles. The fraction of sp³-hybridized carbons (Fsp3) is 0.364. The number of nitrogens with zero attached hydrogens (tertiary/aromatic N) is 4. The van der Waals surface area contributed by atoms with Crippen LogP contribution in [-0.4, -0.2) is 74.7 Å². The summed E-state index contributed by atoms with van der Waals surface area (Å²) in [6.45, 7) is 3.88. The third-order valence-corrected chi connectivity index (χ3v) is 5.83. The Balaban J connectivity index is 1.33. The zero-order valence-corrected chi connectivity index (χ0v) is 17.7. The SMILES string of the molecule is COc1ccccc1N1CCN(C(=O)CN2CCN(c3cccc(Cl)c3)C2=O)CC1. The van der Waals surface area contributed by atoms with Crippen LogP contribution >= 0.6 is 11.6 Å². The molecule has 2 aliphatic rings. The molecule has 0 radical (unpaired) electrons. The third-order valence-electron chi connectivity index (χ3n) is 5.60. The predicted octanol–water partition coefficient (Wildman–Crippen LogP) is 2.94. The van der Waals surface area contributed by atoms with E-state index in [9.17, 15) is 9.59 Å². The van der Waals surface area contributed by atoms with Gasteiger partial charge in [0, 0.05) is 50.0 Å². The highest BCUT2D eigenvalue weighted by atomic mass is 35.5. The first kappa shape index (κ1) is 20.3. The number of piperazine rings is 1. The predicted molar refractivity (Wildman–Crippen MR) is 118 cm³/mol. The van der Waals surface area contributed by atoms with Gasteiger partial charge in [-0.3, -0.25) is 9.69 Å². The van der Waals surface area contributed by atoms with Gasteiger partial charge < -0.3 is 19.4 Å². The van der Waals surface area contributed by atoms with Crippen LogP contribution in [0.3, 0.4) is 0 Å². The van der Waals surface area contributed by atoms with Crippen LogP contribution in [0, 0.1) is 0 Å². The molecule has 4 rings (SSSR count). The number of hydrogen-bond donors (Lipinski definition) is 0. The highest BCUT2D eigenvalue weighted by molar-refractivity contribution is 6.30. The number of rotatable bonds is 5. The molecule has 30 heavy (non-hydrogen) atoms. The molecule has 158 valence electrons. The second kappa shape index (κ2) is 8.83. The number of hydrogen-bond acceptors (Lipinski definition) is 4. The number of carbonyl (C=O) groups is 2. The molecule has 0 unspecified atom stereocenters. The normalized spacial score (nSPS) is 16.9. The van der Waals surface area contributed by atoms with E-state index in [2.05, 4.69) is 4.90 Å². The van der Waals surface area contributed by atoms with Gasteiger partial charge in [0.05, 0.1) is 12.8 Å². The van der Waals surface area contributed by atoms with Crippen molar-refractivity contribution in [2.45, 2.75) is 0 Å². The third kappa shape index (κ3) is 4.16. The van der Waals surface area contributed by atoms with Gasteiger partial charge in [0.2, 0.25) is 5.91 Å². The molecule has 2 aromatic carbocycles. The van der Waals surface area contributed by atoms with Crippen LogP contribution in [0.2, 0.25) is 5.02 Å². The first-order valence-electron chi connectivity index (χ1n) is 10.0. The largest absolute Gasteiger partial charge is 0.495 e. The first-order valence-corrected chi connectivity index (χ1v) is 10.4. The zero-order valence-electron chi connectivity index (χ0n) is 17.0. The Labute approximate surface area is 181 Å². The van der Waals surface area contributed by atoms with E-state index in [1.165, 1.54) is 0 Å². The highest BCUT2D eigenvalue weighted by Gasteiger charge is 2.32. The average molecular weight is 429 g/mol. The fourth-order valence-corrected chi connectivity index (χ4v) is 4.15. The van der Waals surface area contributed by atoms with Gasteiger partial charge in [0.25, 0.3) is 0 Å². The zero-order chi connectivity index (χ0) is 21.1. The average Bonchev–Trinajstić information content (AvgIpc) is 3.14. The number of para-hydroxylation sites is 2. The van der Waals surface area contributed by atoms with Crippen LogP contribution in [0.25, 0.3) is 0 Å². The van der Waals surface area contributed by atoms with Crippen LogP contribution < -0.4 is 14.5 Å². The minimum Gasteiger partial charge on any atom is -0.495 e. The molecule has 0 bridgehead atoms. The minimum absolute atomic E-state index is 0.0176. The fourth-order valence-electron chi connectivity index (χ4n) is 3.96. The van der Waals surface area contributed by atoms with Crippen molar-refractivity contribution in [3.8, 4) is 5.75 Å². The van der Waals surface area contributed by atoms with Crippen molar-refractivity contribution < 1.29 is 14.3 Å². The van der Waals surface area contributed by atoms with E-state index in [-0.39, 0.29) is 18.5 Å². The number of anilines is 2. The summed E-state index contributed by atoms with van der Waals surface area (Å²) in [4.78, 5) is 32.9. The maximum absolute atomic E-state index is 12.8. The molecule has 0 N–H and O–H groups in total. The molecule has 0 atom stereocenters. The lowest BCUT2D eigenvalue weighted by Gasteiger charge is -2.37. The summed E-state index contributed by atoms with van der Waals surface area (Å²) in [6, 6.07) is 15.0. The topological polar surface area (TPSA) is 56.3 Å². The molecule has 2 fully saturated rings. The number of ether oxygens (including phenoxy) is 1. The molecule has 2 heterocycles. The quantitative estimate of drug-likeness (QED) is 0.734. The maximum atomic E-state index is 12.8. The number of benzene rings is 2. The second-order valence-corrected chi connectivity index (χ2v) is 7.81. The number of urea groups is 1. The van der Waals surface area contributed by atoms with Crippen molar-refractivity contribution in [3.63, 3.8) is 0 Å². The summed E-state index contributed by atoms with van der Waals surface area (Å²) in [7, 11) is 1.67. The summed E-state index contributed by atoms with van der Waals surface area (Å²) in [5.41, 5.74) is 1.80. The van der Waals surface area contributed by atoms with Crippen molar-refractivity contribution in [3.05, 3.63) is 53.6 Å². The Hall–Kier alpha value is -2.93. The Kier molecular flexibility index (Phi) is 5.99.